The van der Waals surface area contributed by atoms with E-state index >= 15 is 0 Å². The van der Waals surface area contributed by atoms with Crippen LogP contribution >= 0.6 is 0 Å². The lowest BCUT2D eigenvalue weighted by atomic mass is 10.1. The molecule has 0 atom stereocenters. The highest BCUT2D eigenvalue weighted by Gasteiger charge is 2.27. The number of nitrogen functional groups attached to an aromatic ring is 1. The summed E-state index contributed by atoms with van der Waals surface area (Å²) in [5.41, 5.74) is 4.49. The van der Waals surface area contributed by atoms with Crippen LogP contribution in [0.1, 0.15) is 19.5 Å². The number of anilines is 2. The molecular formula is C10H17N5O3. The molecule has 0 saturated heterocycles. The Balaban J connectivity index is 3.26. The Bertz CT molecular complexity index is 469. The Morgan fingerprint density at radius 3 is 2.50 bits per heavy atom. The Hall–Kier alpha value is -1.96. The summed E-state index contributed by atoms with van der Waals surface area (Å²) in [6, 6.07) is 0. The first-order valence-corrected chi connectivity index (χ1v) is 5.34. The second-order valence-corrected chi connectivity index (χ2v) is 4.77. The molecule has 8 nitrogen and oxygen atoms in total. The van der Waals surface area contributed by atoms with Crippen molar-refractivity contribution in [2.24, 2.45) is 0 Å². The predicted octanol–water partition coefficient (Wildman–Crippen LogP) is 0.483. The van der Waals surface area contributed by atoms with Gasteiger partial charge in [0.1, 0.15) is 5.69 Å². The van der Waals surface area contributed by atoms with E-state index in [9.17, 15) is 15.2 Å². The van der Waals surface area contributed by atoms with Gasteiger partial charge in [0.05, 0.1) is 10.5 Å². The first-order valence-electron chi connectivity index (χ1n) is 5.34. The molecule has 100 valence electrons. The summed E-state index contributed by atoms with van der Waals surface area (Å²) in [6.45, 7) is 4.89. The SMILES string of the molecule is Cc1nc(N)nc(N(C)CC(C)(C)O)c1[N+](=O)[O-]. The molecule has 0 radical (unpaired) electrons. The maximum absolute atomic E-state index is 11.0. The van der Waals surface area contributed by atoms with Crippen molar-refractivity contribution in [2.45, 2.75) is 26.4 Å². The highest BCUT2D eigenvalue weighted by atomic mass is 16.6. The van der Waals surface area contributed by atoms with Crippen molar-refractivity contribution in [3.05, 3.63) is 15.8 Å². The molecule has 8 heteroatoms. The van der Waals surface area contributed by atoms with Crippen LogP contribution in [-0.2, 0) is 0 Å². The molecule has 1 heterocycles. The van der Waals surface area contributed by atoms with Gasteiger partial charge in [-0.25, -0.2) is 4.98 Å². The van der Waals surface area contributed by atoms with Crippen molar-refractivity contribution in [1.82, 2.24) is 9.97 Å². The Morgan fingerprint density at radius 2 is 2.06 bits per heavy atom. The van der Waals surface area contributed by atoms with Crippen LogP contribution in [0.4, 0.5) is 17.5 Å². The van der Waals surface area contributed by atoms with Crippen LogP contribution in [0, 0.1) is 17.0 Å². The van der Waals surface area contributed by atoms with Crippen molar-refractivity contribution >= 4 is 17.5 Å². The van der Waals surface area contributed by atoms with E-state index in [-0.39, 0.29) is 29.7 Å². The molecule has 1 aromatic heterocycles. The number of aromatic nitrogens is 2. The van der Waals surface area contributed by atoms with Gasteiger partial charge in [-0.05, 0) is 20.8 Å². The van der Waals surface area contributed by atoms with E-state index < -0.39 is 10.5 Å². The molecule has 0 saturated carbocycles. The summed E-state index contributed by atoms with van der Waals surface area (Å²) in [5, 5.41) is 20.8. The molecule has 18 heavy (non-hydrogen) atoms. The minimum atomic E-state index is -1.00. The van der Waals surface area contributed by atoms with E-state index in [1.807, 2.05) is 0 Å². The van der Waals surface area contributed by atoms with Crippen LogP contribution in [-0.4, -0.2) is 39.2 Å². The average molecular weight is 255 g/mol. The number of aryl methyl sites for hydroxylation is 1. The number of hydrogen-bond acceptors (Lipinski definition) is 7. The van der Waals surface area contributed by atoms with Gasteiger partial charge < -0.3 is 15.7 Å². The summed E-state index contributed by atoms with van der Waals surface area (Å²) in [7, 11) is 1.60. The van der Waals surface area contributed by atoms with Gasteiger partial charge >= 0.3 is 5.69 Å². The summed E-state index contributed by atoms with van der Waals surface area (Å²) in [6.07, 6.45) is 0. The van der Waals surface area contributed by atoms with Crippen LogP contribution in [0.2, 0.25) is 0 Å². The molecule has 0 unspecified atom stereocenters. The third kappa shape index (κ3) is 3.27. The molecule has 0 spiro atoms. The van der Waals surface area contributed by atoms with Gasteiger partial charge in [-0.3, -0.25) is 10.1 Å². The normalized spacial score (nSPS) is 11.4. The lowest BCUT2D eigenvalue weighted by Gasteiger charge is -2.26. The van der Waals surface area contributed by atoms with Crippen LogP contribution < -0.4 is 10.6 Å². The lowest BCUT2D eigenvalue weighted by Crippen LogP contribution is -2.37. The molecule has 0 aliphatic heterocycles. The van der Waals surface area contributed by atoms with Crippen LogP contribution in [0.3, 0.4) is 0 Å². The Kier molecular flexibility index (Phi) is 3.70. The fraction of sp³-hybridized carbons (Fsp3) is 0.600. The van der Waals surface area contributed by atoms with Gasteiger partial charge in [0.2, 0.25) is 11.8 Å². The smallest absolute Gasteiger partial charge is 0.332 e. The summed E-state index contributed by atoms with van der Waals surface area (Å²) in [4.78, 5) is 19.6. The van der Waals surface area contributed by atoms with E-state index in [2.05, 4.69) is 9.97 Å². The van der Waals surface area contributed by atoms with E-state index in [1.54, 1.807) is 20.9 Å². The maximum Gasteiger partial charge on any atom is 0.332 e. The summed E-state index contributed by atoms with van der Waals surface area (Å²) < 4.78 is 0. The van der Waals surface area contributed by atoms with Gasteiger partial charge in [-0.15, -0.1) is 0 Å². The van der Waals surface area contributed by atoms with E-state index in [0.29, 0.717) is 0 Å². The van der Waals surface area contributed by atoms with Gasteiger partial charge in [0.25, 0.3) is 0 Å². The largest absolute Gasteiger partial charge is 0.389 e. The molecule has 0 aliphatic rings. The lowest BCUT2D eigenvalue weighted by molar-refractivity contribution is -0.385. The monoisotopic (exact) mass is 255 g/mol. The highest BCUT2D eigenvalue weighted by molar-refractivity contribution is 5.61. The summed E-state index contributed by atoms with van der Waals surface area (Å²) in [5.74, 6) is 0.0721. The van der Waals surface area contributed by atoms with E-state index in [0.717, 1.165) is 0 Å². The zero-order valence-corrected chi connectivity index (χ0v) is 10.8. The van der Waals surface area contributed by atoms with Gasteiger partial charge in [0, 0.05) is 13.6 Å². The zero-order valence-electron chi connectivity index (χ0n) is 10.8. The molecule has 0 amide bonds. The Morgan fingerprint density at radius 1 is 1.50 bits per heavy atom. The number of nitrogens with zero attached hydrogens (tertiary/aromatic N) is 4. The molecular weight excluding hydrogens is 238 g/mol. The molecule has 0 aliphatic carbocycles. The topological polar surface area (TPSA) is 118 Å². The van der Waals surface area contributed by atoms with Crippen molar-refractivity contribution in [2.75, 3.05) is 24.2 Å². The molecule has 1 aromatic rings. The minimum absolute atomic E-state index is 0.0318. The van der Waals surface area contributed by atoms with Crippen molar-refractivity contribution in [3.8, 4) is 0 Å². The van der Waals surface area contributed by atoms with Crippen LogP contribution in [0.25, 0.3) is 0 Å². The standard InChI is InChI=1S/C10H17N5O3/c1-6-7(15(17)18)8(13-9(11)12-6)14(4)5-10(2,3)16/h16H,5H2,1-4H3,(H2,11,12,13). The van der Waals surface area contributed by atoms with Crippen molar-refractivity contribution < 1.29 is 10.0 Å². The molecule has 1 rings (SSSR count). The highest BCUT2D eigenvalue weighted by Crippen LogP contribution is 2.29. The second kappa shape index (κ2) is 4.73. The number of likely N-dealkylation sites (N-methyl/N-ethyl adjacent to an activating group) is 1. The number of nitrogens with two attached hydrogens (primary N) is 1. The van der Waals surface area contributed by atoms with Crippen LogP contribution in [0.5, 0.6) is 0 Å². The van der Waals surface area contributed by atoms with Crippen molar-refractivity contribution in [3.63, 3.8) is 0 Å². The number of rotatable bonds is 4. The first-order chi connectivity index (χ1) is 8.11. The third-order valence-electron chi connectivity index (χ3n) is 2.23. The average Bonchev–Trinajstić information content (AvgIpc) is 2.12. The number of aliphatic hydroxyl groups is 1. The number of hydrogen-bond donors (Lipinski definition) is 2. The third-order valence-corrected chi connectivity index (χ3v) is 2.23. The minimum Gasteiger partial charge on any atom is -0.389 e. The molecule has 0 fully saturated rings. The maximum atomic E-state index is 11.0. The van der Waals surface area contributed by atoms with Gasteiger partial charge in [-0.1, -0.05) is 0 Å². The quantitative estimate of drug-likeness (QED) is 0.593. The zero-order chi connectivity index (χ0) is 14.1. The van der Waals surface area contributed by atoms with E-state index in [4.69, 9.17) is 5.73 Å². The van der Waals surface area contributed by atoms with E-state index in [1.165, 1.54) is 11.8 Å². The second-order valence-electron chi connectivity index (χ2n) is 4.77. The first kappa shape index (κ1) is 14.1. The molecule has 0 aromatic carbocycles. The fourth-order valence-corrected chi connectivity index (χ4v) is 1.71. The van der Waals surface area contributed by atoms with Gasteiger partial charge in [0.15, 0.2) is 0 Å². The summed E-state index contributed by atoms with van der Waals surface area (Å²) >= 11 is 0. The Labute approximate surface area is 105 Å². The van der Waals surface area contributed by atoms with Crippen molar-refractivity contribution in [1.29, 1.82) is 0 Å². The molecule has 3 N–H and O–H groups in total. The fourth-order valence-electron chi connectivity index (χ4n) is 1.71. The van der Waals surface area contributed by atoms with Gasteiger partial charge in [-0.2, -0.15) is 4.98 Å². The molecule has 0 bridgehead atoms. The van der Waals surface area contributed by atoms with Crippen LogP contribution in [0.15, 0.2) is 0 Å². The predicted molar refractivity (Wildman–Crippen MR) is 67.4 cm³/mol. The number of nitro groups is 1.